The molecular formula is C18H13Cl2FN4O3. The van der Waals surface area contributed by atoms with Gasteiger partial charge in [-0.2, -0.15) is 5.26 Å². The van der Waals surface area contributed by atoms with Crippen molar-refractivity contribution in [1.82, 2.24) is 10.9 Å². The van der Waals surface area contributed by atoms with Gasteiger partial charge in [-0.1, -0.05) is 29.3 Å². The number of aliphatic hydroxyl groups is 1. The molecule has 0 saturated heterocycles. The lowest BCUT2D eigenvalue weighted by Gasteiger charge is -2.21. The van der Waals surface area contributed by atoms with E-state index in [4.69, 9.17) is 38.3 Å². The molecule has 2 aromatic carbocycles. The van der Waals surface area contributed by atoms with Gasteiger partial charge in [-0.15, -0.1) is 0 Å². The molecule has 0 saturated carbocycles. The van der Waals surface area contributed by atoms with Gasteiger partial charge in [0.1, 0.15) is 11.6 Å². The van der Waals surface area contributed by atoms with Gasteiger partial charge in [0.15, 0.2) is 17.6 Å². The second-order valence-corrected chi connectivity index (χ2v) is 6.65. The highest BCUT2D eigenvalue weighted by Crippen LogP contribution is 2.35. The van der Waals surface area contributed by atoms with E-state index in [1.807, 2.05) is 6.07 Å². The molecule has 1 amide bonds. The second kappa shape index (κ2) is 8.44. The number of amides is 1. The van der Waals surface area contributed by atoms with Crippen LogP contribution in [-0.2, 0) is 11.2 Å². The third-order valence-electron chi connectivity index (χ3n) is 3.82. The molecule has 2 aromatic rings. The van der Waals surface area contributed by atoms with Crippen molar-refractivity contribution >= 4 is 34.9 Å². The van der Waals surface area contributed by atoms with Crippen LogP contribution in [0.25, 0.3) is 0 Å². The van der Waals surface area contributed by atoms with Crippen molar-refractivity contribution in [3.8, 4) is 17.6 Å². The predicted octanol–water partition coefficient (Wildman–Crippen LogP) is 2.73. The quantitative estimate of drug-likeness (QED) is 0.686. The Balaban J connectivity index is 1.90. The van der Waals surface area contributed by atoms with Crippen molar-refractivity contribution in [3.63, 3.8) is 0 Å². The Hall–Kier alpha value is -2.86. The summed E-state index contributed by atoms with van der Waals surface area (Å²) < 4.78 is 20.5. The van der Waals surface area contributed by atoms with E-state index in [-0.39, 0.29) is 44.9 Å². The number of rotatable bonds is 5. The van der Waals surface area contributed by atoms with Crippen LogP contribution < -0.4 is 15.6 Å². The van der Waals surface area contributed by atoms with E-state index in [1.54, 1.807) is 0 Å². The van der Waals surface area contributed by atoms with Crippen LogP contribution in [0.1, 0.15) is 11.1 Å². The van der Waals surface area contributed by atoms with Crippen LogP contribution in [0.15, 0.2) is 35.3 Å². The Kier molecular flexibility index (Phi) is 5.99. The Morgan fingerprint density at radius 2 is 2.07 bits per heavy atom. The third kappa shape index (κ3) is 4.34. The minimum Gasteiger partial charge on any atom is -0.453 e. The maximum atomic E-state index is 15.0. The van der Waals surface area contributed by atoms with Crippen molar-refractivity contribution in [1.29, 1.82) is 5.26 Å². The summed E-state index contributed by atoms with van der Waals surface area (Å²) in [6.07, 6.45) is -0.00483. The zero-order chi connectivity index (χ0) is 20.3. The second-order valence-electron chi connectivity index (χ2n) is 5.80. The normalized spacial score (nSPS) is 15.9. The molecule has 28 heavy (non-hydrogen) atoms. The smallest absolute Gasteiger partial charge is 0.265 e. The van der Waals surface area contributed by atoms with Gasteiger partial charge in [0, 0.05) is 11.4 Å². The summed E-state index contributed by atoms with van der Waals surface area (Å²) in [6, 6.07) is 8.16. The summed E-state index contributed by atoms with van der Waals surface area (Å²) in [5.41, 5.74) is 5.36. The van der Waals surface area contributed by atoms with Gasteiger partial charge in [-0.3, -0.25) is 20.6 Å². The minimum absolute atomic E-state index is 0.00483. The highest BCUT2D eigenvalue weighted by Gasteiger charge is 2.24. The monoisotopic (exact) mass is 422 g/mol. The number of ether oxygens (including phenoxy) is 1. The number of hydrazine groups is 1. The van der Waals surface area contributed by atoms with E-state index in [2.05, 4.69) is 15.8 Å². The summed E-state index contributed by atoms with van der Waals surface area (Å²) in [7, 11) is 0. The molecule has 0 radical (unpaired) electrons. The first-order valence-electron chi connectivity index (χ1n) is 8.00. The number of carbonyl (C=O) groups excluding carboxylic acids is 1. The maximum absolute atomic E-state index is 15.0. The number of carbonyl (C=O) groups is 1. The number of aliphatic hydroxyl groups excluding tert-OH is 1. The number of hydrogen-bond donors (Lipinski definition) is 3. The molecule has 10 heteroatoms. The van der Waals surface area contributed by atoms with Gasteiger partial charge in [0.2, 0.25) is 0 Å². The van der Waals surface area contributed by atoms with E-state index in [9.17, 15) is 9.18 Å². The lowest BCUT2D eigenvalue weighted by atomic mass is 10.1. The highest BCUT2D eigenvalue weighted by atomic mass is 35.5. The van der Waals surface area contributed by atoms with Gasteiger partial charge < -0.3 is 9.84 Å². The molecule has 1 aliphatic rings. The number of benzene rings is 2. The van der Waals surface area contributed by atoms with Crippen LogP contribution in [0, 0.1) is 17.1 Å². The molecule has 0 unspecified atom stereocenters. The van der Waals surface area contributed by atoms with Crippen molar-refractivity contribution in [2.75, 3.05) is 6.61 Å². The molecule has 3 N–H and O–H groups in total. The Bertz CT molecular complexity index is 1010. The average Bonchev–Trinajstić information content (AvgIpc) is 2.68. The number of aliphatic imine (C=N–C) groups is 1. The third-order valence-corrected chi connectivity index (χ3v) is 4.34. The lowest BCUT2D eigenvalue weighted by molar-refractivity contribution is -0.124. The van der Waals surface area contributed by atoms with Gasteiger partial charge in [-0.25, -0.2) is 4.39 Å². The Labute approximate surface area is 169 Å². The number of hydrogen-bond acceptors (Lipinski definition) is 6. The van der Waals surface area contributed by atoms with Crippen molar-refractivity contribution in [2.24, 2.45) is 4.99 Å². The van der Waals surface area contributed by atoms with Gasteiger partial charge in [0.25, 0.3) is 5.91 Å². The fraction of sp³-hybridized carbons (Fsp3) is 0.167. The molecule has 1 aliphatic heterocycles. The molecular weight excluding hydrogens is 410 g/mol. The van der Waals surface area contributed by atoms with Crippen LogP contribution in [0.3, 0.4) is 0 Å². The van der Waals surface area contributed by atoms with E-state index >= 15 is 0 Å². The Morgan fingerprint density at radius 3 is 2.79 bits per heavy atom. The van der Waals surface area contributed by atoms with Crippen LogP contribution in [0.2, 0.25) is 10.0 Å². The zero-order valence-electron chi connectivity index (χ0n) is 14.2. The predicted molar refractivity (Wildman–Crippen MR) is 101 cm³/mol. The van der Waals surface area contributed by atoms with Gasteiger partial charge in [-0.05, 0) is 29.8 Å². The van der Waals surface area contributed by atoms with Crippen LogP contribution >= 0.6 is 23.2 Å². The van der Waals surface area contributed by atoms with E-state index < -0.39 is 24.4 Å². The Morgan fingerprint density at radius 1 is 1.29 bits per heavy atom. The van der Waals surface area contributed by atoms with E-state index in [0.717, 1.165) is 0 Å². The average molecular weight is 423 g/mol. The SMILES string of the molecule is N#Cc1cc(Cl)cc(Oc2c(Cl)ccc(CC3=N[C@H](CO)C(=O)NN3)c2F)c1. The molecule has 3 rings (SSSR count). The van der Waals surface area contributed by atoms with Crippen LogP contribution in [0.5, 0.6) is 11.5 Å². The standard InChI is InChI=1S/C18H13Cl2FN4O3/c19-11-3-9(7-22)4-12(6-11)28-17-13(20)2-1-10(16(17)21)5-15-23-14(8-26)18(27)25-24-15/h1-4,6,14,26H,5,8H2,(H,23,24)(H,25,27)/t14-/m1/s1. The van der Waals surface area contributed by atoms with Crippen molar-refractivity contribution in [2.45, 2.75) is 12.5 Å². The summed E-state index contributed by atoms with van der Waals surface area (Å²) in [6.45, 7) is -0.468. The fourth-order valence-electron chi connectivity index (χ4n) is 2.50. The molecule has 0 spiro atoms. The molecule has 1 heterocycles. The first-order valence-corrected chi connectivity index (χ1v) is 8.75. The van der Waals surface area contributed by atoms with Crippen LogP contribution in [0.4, 0.5) is 4.39 Å². The first-order chi connectivity index (χ1) is 13.4. The molecule has 0 fully saturated rings. The molecule has 144 valence electrons. The molecule has 0 bridgehead atoms. The summed E-state index contributed by atoms with van der Waals surface area (Å²) in [5.74, 6) is -1.03. The first kappa shape index (κ1) is 19.9. The number of nitrogens with zero attached hydrogens (tertiary/aromatic N) is 2. The largest absolute Gasteiger partial charge is 0.453 e. The number of nitrogens with one attached hydrogen (secondary N) is 2. The molecule has 1 atom stereocenters. The topological polar surface area (TPSA) is 107 Å². The number of halogens is 3. The molecule has 0 aliphatic carbocycles. The summed E-state index contributed by atoms with van der Waals surface area (Å²) in [4.78, 5) is 15.5. The molecule has 0 aromatic heterocycles. The number of amidine groups is 1. The zero-order valence-corrected chi connectivity index (χ0v) is 15.7. The van der Waals surface area contributed by atoms with Gasteiger partial charge >= 0.3 is 0 Å². The summed E-state index contributed by atoms with van der Waals surface area (Å²) >= 11 is 12.0. The molecule has 7 nitrogen and oxygen atoms in total. The van der Waals surface area contributed by atoms with E-state index in [0.29, 0.717) is 0 Å². The number of nitriles is 1. The van der Waals surface area contributed by atoms with Crippen molar-refractivity contribution < 1.29 is 19.0 Å². The fourth-order valence-corrected chi connectivity index (χ4v) is 2.91. The highest BCUT2D eigenvalue weighted by molar-refractivity contribution is 6.32. The van der Waals surface area contributed by atoms with Crippen LogP contribution in [-0.4, -0.2) is 29.5 Å². The maximum Gasteiger partial charge on any atom is 0.265 e. The minimum atomic E-state index is -0.960. The van der Waals surface area contributed by atoms with E-state index in [1.165, 1.54) is 30.3 Å². The lowest BCUT2D eigenvalue weighted by Crippen LogP contribution is -2.52. The summed E-state index contributed by atoms with van der Waals surface area (Å²) in [5, 5.41) is 18.5. The van der Waals surface area contributed by atoms with Crippen molar-refractivity contribution in [3.05, 3.63) is 57.3 Å². The van der Waals surface area contributed by atoms with Gasteiger partial charge in [0.05, 0.1) is 23.3 Å².